The molecule has 1 aromatic carbocycles. The molecule has 0 bridgehead atoms. The predicted molar refractivity (Wildman–Crippen MR) is 89.1 cm³/mol. The van der Waals surface area contributed by atoms with Crippen molar-refractivity contribution in [1.29, 1.82) is 0 Å². The fourth-order valence-corrected chi connectivity index (χ4v) is 3.41. The summed E-state index contributed by atoms with van der Waals surface area (Å²) < 4.78 is 0. The molecule has 0 atom stereocenters. The molecule has 3 rings (SSSR count). The van der Waals surface area contributed by atoms with Crippen molar-refractivity contribution in [3.63, 3.8) is 0 Å². The van der Waals surface area contributed by atoms with Crippen molar-refractivity contribution in [1.82, 2.24) is 0 Å². The standard InChI is InChI=1S/C17H20N2OS/c20-17(7-1-5-15-6-3-11-21-15)19-14-8-9-16-13(12-14)4-2-10-18-16/h3,6,8-9,11-12,18H,1-2,4-5,7,10H2,(H,19,20). The second kappa shape index (κ2) is 6.76. The molecule has 21 heavy (non-hydrogen) atoms. The third kappa shape index (κ3) is 3.85. The Morgan fingerprint density at radius 1 is 1.33 bits per heavy atom. The van der Waals surface area contributed by atoms with Crippen molar-refractivity contribution in [2.24, 2.45) is 0 Å². The minimum atomic E-state index is 0.107. The quantitative estimate of drug-likeness (QED) is 0.874. The smallest absolute Gasteiger partial charge is 0.224 e. The van der Waals surface area contributed by atoms with Crippen molar-refractivity contribution < 1.29 is 4.79 Å². The van der Waals surface area contributed by atoms with Crippen LogP contribution < -0.4 is 10.6 Å². The molecule has 2 N–H and O–H groups in total. The zero-order valence-corrected chi connectivity index (χ0v) is 12.8. The molecule has 4 heteroatoms. The first kappa shape index (κ1) is 14.1. The van der Waals surface area contributed by atoms with E-state index in [9.17, 15) is 4.79 Å². The Balaban J connectivity index is 1.50. The number of thiophene rings is 1. The second-order valence-electron chi connectivity index (χ2n) is 5.38. The lowest BCUT2D eigenvalue weighted by Gasteiger charge is -2.18. The normalized spacial score (nSPS) is 13.3. The highest BCUT2D eigenvalue weighted by atomic mass is 32.1. The van der Waals surface area contributed by atoms with Gasteiger partial charge in [0.15, 0.2) is 0 Å². The maximum absolute atomic E-state index is 12.0. The first-order chi connectivity index (χ1) is 10.3. The number of rotatable bonds is 5. The van der Waals surface area contributed by atoms with E-state index in [0.29, 0.717) is 6.42 Å². The highest BCUT2D eigenvalue weighted by molar-refractivity contribution is 7.09. The van der Waals surface area contributed by atoms with Gasteiger partial charge < -0.3 is 10.6 Å². The zero-order valence-electron chi connectivity index (χ0n) is 12.0. The largest absolute Gasteiger partial charge is 0.385 e. The molecule has 1 amide bonds. The molecule has 0 unspecified atom stereocenters. The van der Waals surface area contributed by atoms with Crippen LogP contribution in [0.2, 0.25) is 0 Å². The summed E-state index contributed by atoms with van der Waals surface area (Å²) >= 11 is 1.76. The highest BCUT2D eigenvalue weighted by Gasteiger charge is 2.10. The van der Waals surface area contributed by atoms with Gasteiger partial charge in [0.1, 0.15) is 0 Å². The molecule has 0 saturated heterocycles. The van der Waals surface area contributed by atoms with Crippen LogP contribution in [0.5, 0.6) is 0 Å². The Morgan fingerprint density at radius 3 is 3.14 bits per heavy atom. The molecule has 1 aromatic heterocycles. The lowest BCUT2D eigenvalue weighted by molar-refractivity contribution is -0.116. The number of anilines is 2. The van der Waals surface area contributed by atoms with E-state index in [2.05, 4.69) is 40.3 Å². The molecule has 110 valence electrons. The van der Waals surface area contributed by atoms with E-state index >= 15 is 0 Å². The Kier molecular flexibility index (Phi) is 4.55. The van der Waals surface area contributed by atoms with Crippen molar-refractivity contribution in [3.8, 4) is 0 Å². The molecule has 0 spiro atoms. The summed E-state index contributed by atoms with van der Waals surface area (Å²) in [6.45, 7) is 1.04. The fraction of sp³-hybridized carbons (Fsp3) is 0.353. The third-order valence-electron chi connectivity index (χ3n) is 3.73. The number of carbonyl (C=O) groups excluding carboxylic acids is 1. The van der Waals surface area contributed by atoms with Crippen LogP contribution >= 0.6 is 11.3 Å². The van der Waals surface area contributed by atoms with E-state index in [1.54, 1.807) is 11.3 Å². The number of nitrogens with one attached hydrogen (secondary N) is 2. The average molecular weight is 300 g/mol. The molecule has 0 aliphatic carbocycles. The number of hydrogen-bond donors (Lipinski definition) is 2. The molecule has 1 aliphatic heterocycles. The topological polar surface area (TPSA) is 41.1 Å². The Labute approximate surface area is 129 Å². The van der Waals surface area contributed by atoms with Crippen LogP contribution in [0.3, 0.4) is 0 Å². The maximum Gasteiger partial charge on any atom is 0.224 e. The first-order valence-electron chi connectivity index (χ1n) is 7.50. The summed E-state index contributed by atoms with van der Waals surface area (Å²) in [6.07, 6.45) is 4.71. The molecule has 0 saturated carbocycles. The van der Waals surface area contributed by atoms with Crippen LogP contribution in [0, 0.1) is 0 Å². The van der Waals surface area contributed by atoms with Gasteiger partial charge in [-0.3, -0.25) is 4.79 Å². The third-order valence-corrected chi connectivity index (χ3v) is 4.67. The molecular weight excluding hydrogens is 280 g/mol. The Hall–Kier alpha value is -1.81. The van der Waals surface area contributed by atoms with E-state index in [1.807, 2.05) is 6.07 Å². The van der Waals surface area contributed by atoms with E-state index in [4.69, 9.17) is 0 Å². The van der Waals surface area contributed by atoms with Crippen LogP contribution in [0.1, 0.15) is 29.7 Å². The summed E-state index contributed by atoms with van der Waals surface area (Å²) in [4.78, 5) is 13.3. The zero-order chi connectivity index (χ0) is 14.5. The summed E-state index contributed by atoms with van der Waals surface area (Å²) in [6, 6.07) is 10.3. The average Bonchev–Trinajstić information content (AvgIpc) is 3.00. The van der Waals surface area contributed by atoms with E-state index in [-0.39, 0.29) is 5.91 Å². The van der Waals surface area contributed by atoms with Crippen LogP contribution in [0.15, 0.2) is 35.7 Å². The van der Waals surface area contributed by atoms with Gasteiger partial charge in [-0.1, -0.05) is 6.07 Å². The minimum Gasteiger partial charge on any atom is -0.385 e. The van der Waals surface area contributed by atoms with Gasteiger partial charge in [-0.2, -0.15) is 0 Å². The van der Waals surface area contributed by atoms with Crippen LogP contribution in [-0.4, -0.2) is 12.5 Å². The van der Waals surface area contributed by atoms with Crippen molar-refractivity contribution in [2.75, 3.05) is 17.2 Å². The number of fused-ring (bicyclic) bond motifs is 1. The van der Waals surface area contributed by atoms with Crippen molar-refractivity contribution in [2.45, 2.75) is 32.1 Å². The Bertz CT molecular complexity index is 607. The molecule has 3 nitrogen and oxygen atoms in total. The van der Waals surface area contributed by atoms with Crippen LogP contribution in [-0.2, 0) is 17.6 Å². The number of benzene rings is 1. The monoisotopic (exact) mass is 300 g/mol. The maximum atomic E-state index is 12.0. The number of hydrogen-bond acceptors (Lipinski definition) is 3. The van der Waals surface area contributed by atoms with Gasteiger partial charge in [0.05, 0.1) is 0 Å². The summed E-state index contributed by atoms with van der Waals surface area (Å²) in [5.74, 6) is 0.107. The van der Waals surface area contributed by atoms with Gasteiger partial charge >= 0.3 is 0 Å². The molecule has 0 radical (unpaired) electrons. The van der Waals surface area contributed by atoms with Crippen molar-refractivity contribution >= 4 is 28.6 Å². The SMILES string of the molecule is O=C(CCCc1cccs1)Nc1ccc2c(c1)CCCN2. The summed E-state index contributed by atoms with van der Waals surface area (Å²) in [5, 5.41) is 8.47. The van der Waals surface area contributed by atoms with Crippen LogP contribution in [0.25, 0.3) is 0 Å². The molecule has 0 fully saturated rings. The fourth-order valence-electron chi connectivity index (χ4n) is 2.65. The summed E-state index contributed by atoms with van der Waals surface area (Å²) in [7, 11) is 0. The van der Waals surface area contributed by atoms with Gasteiger partial charge in [0.2, 0.25) is 5.91 Å². The molecule has 2 heterocycles. The number of aryl methyl sites for hydroxylation is 2. The first-order valence-corrected chi connectivity index (χ1v) is 8.38. The van der Waals surface area contributed by atoms with Gasteiger partial charge in [0, 0.05) is 29.2 Å². The molecule has 2 aromatic rings. The van der Waals surface area contributed by atoms with Gasteiger partial charge in [0.25, 0.3) is 0 Å². The highest BCUT2D eigenvalue weighted by Crippen LogP contribution is 2.25. The van der Waals surface area contributed by atoms with Gasteiger partial charge in [-0.15, -0.1) is 11.3 Å². The van der Waals surface area contributed by atoms with Gasteiger partial charge in [-0.25, -0.2) is 0 Å². The molecule has 1 aliphatic rings. The lowest BCUT2D eigenvalue weighted by atomic mass is 10.0. The summed E-state index contributed by atoms with van der Waals surface area (Å²) in [5.41, 5.74) is 3.42. The molecular formula is C17H20N2OS. The Morgan fingerprint density at radius 2 is 2.29 bits per heavy atom. The van der Waals surface area contributed by atoms with E-state index in [1.165, 1.54) is 16.1 Å². The van der Waals surface area contributed by atoms with E-state index in [0.717, 1.165) is 37.9 Å². The second-order valence-corrected chi connectivity index (χ2v) is 6.42. The minimum absolute atomic E-state index is 0.107. The number of amides is 1. The lowest BCUT2D eigenvalue weighted by Crippen LogP contribution is -2.14. The van der Waals surface area contributed by atoms with Crippen LogP contribution in [0.4, 0.5) is 11.4 Å². The van der Waals surface area contributed by atoms with Crippen molar-refractivity contribution in [3.05, 3.63) is 46.2 Å². The predicted octanol–water partition coefficient (Wildman–Crippen LogP) is 4.07. The van der Waals surface area contributed by atoms with Gasteiger partial charge in [-0.05, 0) is 60.9 Å². The number of carbonyl (C=O) groups is 1. The van der Waals surface area contributed by atoms with E-state index < -0.39 is 0 Å².